The minimum Gasteiger partial charge on any atom is -0.378 e. The number of ether oxygens (including phenoxy) is 1. The largest absolute Gasteiger partial charge is 0.378 e. The maximum Gasteiger partial charge on any atom is 0.321 e. The molecule has 1 saturated heterocycles. The first-order valence-electron chi connectivity index (χ1n) is 9.16. The number of urea groups is 1. The smallest absolute Gasteiger partial charge is 0.321 e. The molecule has 0 atom stereocenters. The van der Waals surface area contributed by atoms with Gasteiger partial charge in [0.15, 0.2) is 5.16 Å². The molecule has 9 nitrogen and oxygen atoms in total. The van der Waals surface area contributed by atoms with Crippen molar-refractivity contribution in [3.8, 4) is 0 Å². The summed E-state index contributed by atoms with van der Waals surface area (Å²) >= 11 is 1.28. The molecular weight excluding hydrogens is 368 g/mol. The topological polar surface area (TPSA) is 101 Å². The minimum atomic E-state index is -0.495. The van der Waals surface area contributed by atoms with Gasteiger partial charge in [0, 0.05) is 25.2 Å². The molecule has 0 bridgehead atoms. The molecule has 2 N–H and O–H groups in total. The summed E-state index contributed by atoms with van der Waals surface area (Å²) in [5, 5.41) is 14.3. The number of aromatic nitrogens is 3. The summed E-state index contributed by atoms with van der Waals surface area (Å²) in [4.78, 5) is 26.0. The van der Waals surface area contributed by atoms with Crippen LogP contribution in [-0.2, 0) is 16.1 Å². The molecule has 10 heteroatoms. The molecule has 2 rings (SSSR count). The van der Waals surface area contributed by atoms with Crippen molar-refractivity contribution in [3.63, 3.8) is 0 Å². The van der Waals surface area contributed by atoms with Crippen molar-refractivity contribution in [1.29, 1.82) is 0 Å². The van der Waals surface area contributed by atoms with Crippen LogP contribution in [0, 0.1) is 5.92 Å². The number of carbonyl (C=O) groups is 2. The maximum absolute atomic E-state index is 12.1. The molecule has 27 heavy (non-hydrogen) atoms. The number of imide groups is 1. The lowest BCUT2D eigenvalue weighted by atomic mass is 10.1. The Hall–Kier alpha value is -1.81. The molecule has 2 heterocycles. The predicted octanol–water partition coefficient (Wildman–Crippen LogP) is 1.49. The van der Waals surface area contributed by atoms with Crippen LogP contribution in [-0.4, -0.2) is 64.3 Å². The van der Waals surface area contributed by atoms with Crippen molar-refractivity contribution in [2.45, 2.75) is 51.9 Å². The standard InChI is InChI=1S/C17H30N6O3S/c1-12(2)10-23-15(22-6-8-26-9-7-22)20-21-16(23)27-11-13(24)18-14(25)19-17(3,4)5/h12H,6-11H2,1-5H3,(H2,18,19,24,25). The average molecular weight is 399 g/mol. The van der Waals surface area contributed by atoms with Crippen LogP contribution in [0.5, 0.6) is 0 Å². The molecule has 1 aromatic heterocycles. The van der Waals surface area contributed by atoms with Crippen molar-refractivity contribution < 1.29 is 14.3 Å². The summed E-state index contributed by atoms with van der Waals surface area (Å²) < 4.78 is 7.45. The van der Waals surface area contributed by atoms with Crippen LogP contribution in [0.15, 0.2) is 5.16 Å². The average Bonchev–Trinajstić information content (AvgIpc) is 2.94. The first-order chi connectivity index (χ1) is 12.7. The molecule has 0 aromatic carbocycles. The highest BCUT2D eigenvalue weighted by Gasteiger charge is 2.22. The van der Waals surface area contributed by atoms with Gasteiger partial charge >= 0.3 is 6.03 Å². The summed E-state index contributed by atoms with van der Waals surface area (Å²) in [6.45, 7) is 13.5. The number of rotatable bonds is 6. The van der Waals surface area contributed by atoms with E-state index in [-0.39, 0.29) is 11.7 Å². The highest BCUT2D eigenvalue weighted by Crippen LogP contribution is 2.24. The number of nitrogens with zero attached hydrogens (tertiary/aromatic N) is 4. The quantitative estimate of drug-likeness (QED) is 0.700. The number of morpholine rings is 1. The Morgan fingerprint density at radius 3 is 2.48 bits per heavy atom. The summed E-state index contributed by atoms with van der Waals surface area (Å²) in [5.41, 5.74) is -0.401. The van der Waals surface area contributed by atoms with Gasteiger partial charge in [-0.25, -0.2) is 4.79 Å². The van der Waals surface area contributed by atoms with Crippen molar-refractivity contribution in [2.24, 2.45) is 5.92 Å². The van der Waals surface area contributed by atoms with E-state index in [2.05, 4.69) is 39.6 Å². The molecule has 1 aromatic rings. The van der Waals surface area contributed by atoms with E-state index in [0.29, 0.717) is 24.3 Å². The SMILES string of the molecule is CC(C)Cn1c(SCC(=O)NC(=O)NC(C)(C)C)nnc1N1CCOCC1. The first-order valence-corrected chi connectivity index (χ1v) is 10.1. The number of hydrogen-bond acceptors (Lipinski definition) is 7. The van der Waals surface area contributed by atoms with Crippen LogP contribution >= 0.6 is 11.8 Å². The summed E-state index contributed by atoms with van der Waals surface area (Å²) in [5.74, 6) is 0.942. The minimum absolute atomic E-state index is 0.0941. The zero-order valence-electron chi connectivity index (χ0n) is 16.7. The molecule has 1 fully saturated rings. The third kappa shape index (κ3) is 7.02. The monoisotopic (exact) mass is 398 g/mol. The first kappa shape index (κ1) is 21.5. The van der Waals surface area contributed by atoms with Crippen LogP contribution in [0.25, 0.3) is 0 Å². The lowest BCUT2D eigenvalue weighted by molar-refractivity contribution is -0.117. The van der Waals surface area contributed by atoms with E-state index in [1.54, 1.807) is 0 Å². The number of amides is 3. The van der Waals surface area contributed by atoms with Crippen LogP contribution < -0.4 is 15.5 Å². The zero-order valence-corrected chi connectivity index (χ0v) is 17.6. The number of thioether (sulfide) groups is 1. The molecule has 0 saturated carbocycles. The Labute approximate surface area is 164 Å². The zero-order chi connectivity index (χ0) is 20.0. The Balaban J connectivity index is 1.99. The van der Waals surface area contributed by atoms with Gasteiger partial charge in [-0.1, -0.05) is 25.6 Å². The highest BCUT2D eigenvalue weighted by atomic mass is 32.2. The van der Waals surface area contributed by atoms with Crippen LogP contribution in [0.3, 0.4) is 0 Å². The molecular formula is C17H30N6O3S. The number of hydrogen-bond donors (Lipinski definition) is 2. The molecule has 0 spiro atoms. The molecule has 1 aliphatic heterocycles. The third-order valence-corrected chi connectivity index (χ3v) is 4.58. The number of carbonyl (C=O) groups excluding carboxylic acids is 2. The summed E-state index contributed by atoms with van der Waals surface area (Å²) in [7, 11) is 0. The molecule has 1 aliphatic rings. The number of nitrogens with one attached hydrogen (secondary N) is 2. The lowest BCUT2D eigenvalue weighted by Gasteiger charge is -2.28. The van der Waals surface area contributed by atoms with E-state index < -0.39 is 11.6 Å². The highest BCUT2D eigenvalue weighted by molar-refractivity contribution is 7.99. The predicted molar refractivity (Wildman–Crippen MR) is 105 cm³/mol. The van der Waals surface area contributed by atoms with Crippen molar-refractivity contribution in [2.75, 3.05) is 37.0 Å². The number of anilines is 1. The maximum atomic E-state index is 12.1. The normalized spacial score (nSPS) is 15.1. The third-order valence-electron chi connectivity index (χ3n) is 3.61. The van der Waals surface area contributed by atoms with E-state index in [1.165, 1.54) is 11.8 Å². The Morgan fingerprint density at radius 1 is 1.22 bits per heavy atom. The van der Waals surface area contributed by atoms with E-state index >= 15 is 0 Å². The van der Waals surface area contributed by atoms with Crippen LogP contribution in [0.4, 0.5) is 10.7 Å². The van der Waals surface area contributed by atoms with Crippen LogP contribution in [0.1, 0.15) is 34.6 Å². The van der Waals surface area contributed by atoms with Gasteiger partial charge in [-0.2, -0.15) is 0 Å². The Morgan fingerprint density at radius 2 is 1.89 bits per heavy atom. The van der Waals surface area contributed by atoms with Crippen molar-refractivity contribution >= 4 is 29.6 Å². The molecule has 0 aliphatic carbocycles. The van der Waals surface area contributed by atoms with Crippen molar-refractivity contribution in [1.82, 2.24) is 25.4 Å². The van der Waals surface area contributed by atoms with E-state index in [1.807, 2.05) is 25.3 Å². The van der Waals surface area contributed by atoms with E-state index in [0.717, 1.165) is 25.6 Å². The summed E-state index contributed by atoms with van der Waals surface area (Å²) in [6, 6.07) is -0.495. The van der Waals surface area contributed by atoms with Crippen LogP contribution in [0.2, 0.25) is 0 Å². The van der Waals surface area contributed by atoms with Gasteiger partial charge in [-0.05, 0) is 26.7 Å². The van der Waals surface area contributed by atoms with E-state index in [4.69, 9.17) is 4.74 Å². The van der Waals surface area contributed by atoms with Gasteiger partial charge in [0.2, 0.25) is 11.9 Å². The lowest BCUT2D eigenvalue weighted by Crippen LogP contribution is -2.48. The molecule has 3 amide bonds. The van der Waals surface area contributed by atoms with Gasteiger partial charge < -0.3 is 15.0 Å². The molecule has 0 radical (unpaired) electrons. The second-order valence-electron chi connectivity index (χ2n) is 7.93. The van der Waals surface area contributed by atoms with Gasteiger partial charge in [-0.3, -0.25) is 14.7 Å². The Bertz CT molecular complexity index is 650. The van der Waals surface area contributed by atoms with Gasteiger partial charge in [0.25, 0.3) is 0 Å². The van der Waals surface area contributed by atoms with E-state index in [9.17, 15) is 9.59 Å². The fraction of sp³-hybridized carbons (Fsp3) is 0.765. The summed E-state index contributed by atoms with van der Waals surface area (Å²) in [6.07, 6.45) is 0. The molecule has 0 unspecified atom stereocenters. The second-order valence-corrected chi connectivity index (χ2v) is 8.87. The fourth-order valence-corrected chi connectivity index (χ4v) is 3.32. The Kier molecular flexibility index (Phi) is 7.49. The van der Waals surface area contributed by atoms with Gasteiger partial charge in [0.05, 0.1) is 19.0 Å². The molecule has 152 valence electrons. The van der Waals surface area contributed by atoms with Crippen molar-refractivity contribution in [3.05, 3.63) is 0 Å². The van der Waals surface area contributed by atoms with Gasteiger partial charge in [0.1, 0.15) is 0 Å². The second kappa shape index (κ2) is 9.41. The fourth-order valence-electron chi connectivity index (χ4n) is 2.57. The van der Waals surface area contributed by atoms with Gasteiger partial charge in [-0.15, -0.1) is 10.2 Å².